The van der Waals surface area contributed by atoms with Gasteiger partial charge in [-0.05, 0) is 38.1 Å². The zero-order chi connectivity index (χ0) is 13.5. The van der Waals surface area contributed by atoms with Crippen molar-refractivity contribution in [2.45, 2.75) is 18.4 Å². The maximum Gasteiger partial charge on any atom is 0.196 e. The van der Waals surface area contributed by atoms with Crippen LogP contribution in [0.25, 0.3) is 0 Å². The van der Waals surface area contributed by atoms with Crippen LogP contribution in [0.4, 0.5) is 5.69 Å². The van der Waals surface area contributed by atoms with Crippen LogP contribution in [0.5, 0.6) is 0 Å². The largest absolute Gasteiger partial charge is 0.369 e. The van der Waals surface area contributed by atoms with Gasteiger partial charge in [-0.3, -0.25) is 4.99 Å². The van der Waals surface area contributed by atoms with Gasteiger partial charge < -0.3 is 15.5 Å². The van der Waals surface area contributed by atoms with Crippen LogP contribution < -0.4 is 10.6 Å². The third-order valence-corrected chi connectivity index (χ3v) is 4.72. The highest BCUT2D eigenvalue weighted by Gasteiger charge is 2.44. The summed E-state index contributed by atoms with van der Waals surface area (Å²) in [5, 5.41) is 0. The number of aliphatic imine (C=N–C) groups is 1. The predicted octanol–water partition coefficient (Wildman–Crippen LogP) is 2.05. The normalized spacial score (nSPS) is 22.8. The molecule has 102 valence electrons. The Bertz CT molecular complexity index is 506. The lowest BCUT2D eigenvalue weighted by Crippen LogP contribution is -2.57. The van der Waals surface area contributed by atoms with Crippen molar-refractivity contribution >= 4 is 27.6 Å². The monoisotopic (exact) mass is 322 g/mol. The molecule has 1 aromatic carbocycles. The van der Waals surface area contributed by atoms with Gasteiger partial charge in [-0.1, -0.05) is 22.0 Å². The summed E-state index contributed by atoms with van der Waals surface area (Å²) in [5.41, 5.74) is 7.37. The van der Waals surface area contributed by atoms with E-state index in [-0.39, 0.29) is 5.54 Å². The molecule has 1 fully saturated rings. The number of piperidine rings is 1. The second kappa shape index (κ2) is 4.80. The molecule has 0 amide bonds. The molecule has 1 saturated heterocycles. The standard InChI is InChI=1S/C14H19BrN4/c1-18-7-5-14(6-8-18)10-17-13(16)19(14)12-4-2-3-11(15)9-12/h2-4,9H,5-8,10H2,1H3,(H2,16,17). The number of rotatable bonds is 1. The molecule has 1 aromatic rings. The molecule has 0 aromatic heterocycles. The number of hydrogen-bond donors (Lipinski definition) is 1. The molecule has 0 atom stereocenters. The first-order valence-corrected chi connectivity index (χ1v) is 7.44. The Labute approximate surface area is 122 Å². The van der Waals surface area contributed by atoms with Crippen LogP contribution in [0.1, 0.15) is 12.8 Å². The SMILES string of the molecule is CN1CCC2(CC1)CN=C(N)N2c1cccc(Br)c1. The minimum absolute atomic E-state index is 0.0807. The number of benzene rings is 1. The number of halogens is 1. The van der Waals surface area contributed by atoms with Gasteiger partial charge in [0.15, 0.2) is 5.96 Å². The van der Waals surface area contributed by atoms with Gasteiger partial charge in [-0.15, -0.1) is 0 Å². The van der Waals surface area contributed by atoms with Crippen LogP contribution in [0.3, 0.4) is 0 Å². The van der Waals surface area contributed by atoms with Crippen LogP contribution in [0, 0.1) is 0 Å². The molecule has 0 bridgehead atoms. The van der Waals surface area contributed by atoms with Crippen LogP contribution >= 0.6 is 15.9 Å². The van der Waals surface area contributed by atoms with Crippen LogP contribution in [-0.2, 0) is 0 Å². The molecular weight excluding hydrogens is 304 g/mol. The van der Waals surface area contributed by atoms with Crippen molar-refractivity contribution in [3.05, 3.63) is 28.7 Å². The molecular formula is C14H19BrN4. The van der Waals surface area contributed by atoms with E-state index in [2.05, 4.69) is 49.9 Å². The van der Waals surface area contributed by atoms with Gasteiger partial charge >= 0.3 is 0 Å². The Morgan fingerprint density at radius 3 is 2.74 bits per heavy atom. The van der Waals surface area contributed by atoms with E-state index in [0.29, 0.717) is 5.96 Å². The molecule has 2 N–H and O–H groups in total. The van der Waals surface area contributed by atoms with E-state index in [1.54, 1.807) is 0 Å². The summed E-state index contributed by atoms with van der Waals surface area (Å²) < 4.78 is 1.08. The van der Waals surface area contributed by atoms with Crippen LogP contribution in [-0.4, -0.2) is 43.1 Å². The van der Waals surface area contributed by atoms with Crippen molar-refractivity contribution in [1.29, 1.82) is 0 Å². The fraction of sp³-hybridized carbons (Fsp3) is 0.500. The molecule has 0 saturated carbocycles. The van der Waals surface area contributed by atoms with E-state index in [9.17, 15) is 0 Å². The second-order valence-electron chi connectivity index (χ2n) is 5.52. The Kier molecular flexibility index (Phi) is 3.27. The fourth-order valence-electron chi connectivity index (χ4n) is 3.05. The van der Waals surface area contributed by atoms with Gasteiger partial charge in [0.25, 0.3) is 0 Å². The fourth-order valence-corrected chi connectivity index (χ4v) is 3.44. The molecule has 5 heteroatoms. The predicted molar refractivity (Wildman–Crippen MR) is 82.6 cm³/mol. The van der Waals surface area contributed by atoms with Gasteiger partial charge in [0.1, 0.15) is 0 Å². The van der Waals surface area contributed by atoms with E-state index in [0.717, 1.165) is 42.6 Å². The van der Waals surface area contributed by atoms with E-state index in [1.807, 2.05) is 12.1 Å². The minimum Gasteiger partial charge on any atom is -0.369 e. The molecule has 2 heterocycles. The molecule has 4 nitrogen and oxygen atoms in total. The van der Waals surface area contributed by atoms with Crippen molar-refractivity contribution in [1.82, 2.24) is 4.90 Å². The van der Waals surface area contributed by atoms with E-state index in [4.69, 9.17) is 5.73 Å². The van der Waals surface area contributed by atoms with Crippen LogP contribution in [0.2, 0.25) is 0 Å². The van der Waals surface area contributed by atoms with Gasteiger partial charge in [0, 0.05) is 23.2 Å². The number of guanidine groups is 1. The molecule has 0 unspecified atom stereocenters. The number of anilines is 1. The highest BCUT2D eigenvalue weighted by Crippen LogP contribution is 2.37. The quantitative estimate of drug-likeness (QED) is 0.860. The lowest BCUT2D eigenvalue weighted by molar-refractivity contribution is 0.202. The smallest absolute Gasteiger partial charge is 0.196 e. The van der Waals surface area contributed by atoms with Gasteiger partial charge in [0.2, 0.25) is 0 Å². The highest BCUT2D eigenvalue weighted by atomic mass is 79.9. The van der Waals surface area contributed by atoms with Gasteiger partial charge in [-0.25, -0.2) is 0 Å². The first-order valence-electron chi connectivity index (χ1n) is 6.65. The summed E-state index contributed by atoms with van der Waals surface area (Å²) in [6.45, 7) is 3.03. The lowest BCUT2D eigenvalue weighted by Gasteiger charge is -2.44. The summed E-state index contributed by atoms with van der Waals surface area (Å²) in [7, 11) is 2.18. The molecule has 2 aliphatic heterocycles. The number of likely N-dealkylation sites (tertiary alicyclic amines) is 1. The lowest BCUT2D eigenvalue weighted by atomic mass is 9.86. The molecule has 1 spiro atoms. The third-order valence-electron chi connectivity index (χ3n) is 4.22. The zero-order valence-electron chi connectivity index (χ0n) is 11.1. The Hall–Kier alpha value is -1.07. The van der Waals surface area contributed by atoms with Crippen molar-refractivity contribution in [2.75, 3.05) is 31.6 Å². The molecule has 0 radical (unpaired) electrons. The molecule has 3 rings (SSSR count). The summed E-state index contributed by atoms with van der Waals surface area (Å²) in [5.74, 6) is 0.655. The van der Waals surface area contributed by atoms with Gasteiger partial charge in [-0.2, -0.15) is 0 Å². The highest BCUT2D eigenvalue weighted by molar-refractivity contribution is 9.10. The van der Waals surface area contributed by atoms with E-state index in [1.165, 1.54) is 0 Å². The number of nitrogens with zero attached hydrogens (tertiary/aromatic N) is 3. The number of hydrogen-bond acceptors (Lipinski definition) is 4. The van der Waals surface area contributed by atoms with E-state index >= 15 is 0 Å². The van der Waals surface area contributed by atoms with Crippen molar-refractivity contribution in [2.24, 2.45) is 10.7 Å². The molecule has 0 aliphatic carbocycles. The van der Waals surface area contributed by atoms with Crippen molar-refractivity contribution in [3.8, 4) is 0 Å². The Balaban J connectivity index is 1.94. The third kappa shape index (κ3) is 2.25. The van der Waals surface area contributed by atoms with E-state index < -0.39 is 0 Å². The summed E-state index contributed by atoms with van der Waals surface area (Å²) in [4.78, 5) is 9.13. The summed E-state index contributed by atoms with van der Waals surface area (Å²) in [6, 6.07) is 8.31. The summed E-state index contributed by atoms with van der Waals surface area (Å²) >= 11 is 3.54. The average molecular weight is 323 g/mol. The molecule has 2 aliphatic rings. The average Bonchev–Trinajstić information content (AvgIpc) is 2.71. The van der Waals surface area contributed by atoms with Crippen molar-refractivity contribution in [3.63, 3.8) is 0 Å². The Morgan fingerprint density at radius 1 is 1.32 bits per heavy atom. The topological polar surface area (TPSA) is 44.9 Å². The molecule has 19 heavy (non-hydrogen) atoms. The maximum atomic E-state index is 6.15. The first kappa shape index (κ1) is 12.9. The number of nitrogens with two attached hydrogens (primary N) is 1. The minimum atomic E-state index is 0.0807. The Morgan fingerprint density at radius 2 is 2.05 bits per heavy atom. The van der Waals surface area contributed by atoms with Crippen molar-refractivity contribution < 1.29 is 0 Å². The summed E-state index contributed by atoms with van der Waals surface area (Å²) in [6.07, 6.45) is 2.22. The van der Waals surface area contributed by atoms with Crippen LogP contribution in [0.15, 0.2) is 33.7 Å². The zero-order valence-corrected chi connectivity index (χ0v) is 12.7. The second-order valence-corrected chi connectivity index (χ2v) is 6.43. The maximum absolute atomic E-state index is 6.15. The van der Waals surface area contributed by atoms with Gasteiger partial charge in [0.05, 0.1) is 12.1 Å². The first-order chi connectivity index (χ1) is 9.11.